The van der Waals surface area contributed by atoms with Crippen molar-refractivity contribution in [2.45, 2.75) is 19.3 Å². The molecule has 0 aromatic heterocycles. The third-order valence-corrected chi connectivity index (χ3v) is 8.63. The van der Waals surface area contributed by atoms with E-state index < -0.39 is 17.4 Å². The van der Waals surface area contributed by atoms with Gasteiger partial charge in [-0.3, -0.25) is 0 Å². The predicted octanol–water partition coefficient (Wildman–Crippen LogP) is 9.54. The number of carboxylic acid groups (broad SMARTS) is 2. The van der Waals surface area contributed by atoms with Gasteiger partial charge in [0.1, 0.15) is 0 Å². The van der Waals surface area contributed by atoms with E-state index >= 15 is 0 Å². The summed E-state index contributed by atoms with van der Waals surface area (Å²) in [5.74, 6) is 10.6. The zero-order chi connectivity index (χ0) is 34.4. The predicted molar refractivity (Wildman–Crippen MR) is 195 cm³/mol. The van der Waals surface area contributed by atoms with Crippen molar-refractivity contribution in [3.63, 3.8) is 0 Å². The molecule has 0 fully saturated rings. The minimum absolute atomic E-state index is 0.106. The quantitative estimate of drug-likeness (QED) is 0.179. The number of aromatic carboxylic acids is 2. The molecule has 4 heteroatoms. The average Bonchev–Trinajstić information content (AvgIpc) is 3.13. The van der Waals surface area contributed by atoms with Crippen LogP contribution in [0.2, 0.25) is 0 Å². The van der Waals surface area contributed by atoms with Gasteiger partial charge in [-0.05, 0) is 69.8 Å². The molecule has 0 aliphatic carbocycles. The van der Waals surface area contributed by atoms with Gasteiger partial charge in [-0.2, -0.15) is 0 Å². The molecule has 0 spiro atoms. The zero-order valence-corrected chi connectivity index (χ0v) is 27.1. The van der Waals surface area contributed by atoms with E-state index in [0.717, 1.165) is 44.5 Å². The lowest BCUT2D eigenvalue weighted by Crippen LogP contribution is -2.20. The minimum Gasteiger partial charge on any atom is -0.478 e. The van der Waals surface area contributed by atoms with Crippen LogP contribution >= 0.6 is 0 Å². The Balaban J connectivity index is 1.40. The zero-order valence-electron chi connectivity index (χ0n) is 27.1. The van der Waals surface area contributed by atoms with Gasteiger partial charge in [0.05, 0.1) is 11.1 Å². The lowest BCUT2D eigenvalue weighted by molar-refractivity contribution is 0.0685. The van der Waals surface area contributed by atoms with Crippen molar-refractivity contribution in [3.8, 4) is 45.9 Å². The molecule has 0 aliphatic rings. The summed E-state index contributed by atoms with van der Waals surface area (Å²) in [6, 6.07) is 45.8. The Morgan fingerprint density at radius 2 is 0.796 bits per heavy atom. The van der Waals surface area contributed by atoms with Crippen LogP contribution in [0.5, 0.6) is 0 Å². The van der Waals surface area contributed by atoms with Crippen LogP contribution < -0.4 is 0 Å². The van der Waals surface area contributed by atoms with Gasteiger partial charge >= 0.3 is 11.9 Å². The van der Waals surface area contributed by atoms with E-state index in [1.165, 1.54) is 0 Å². The molecular weight excluding hydrogens is 604 g/mol. The Morgan fingerprint density at radius 3 is 1.18 bits per heavy atom. The van der Waals surface area contributed by atoms with Crippen molar-refractivity contribution in [1.82, 2.24) is 0 Å². The number of rotatable bonds is 6. The molecule has 0 saturated heterocycles. The number of carbonyl (C=O) groups is 2. The second kappa shape index (κ2) is 14.0. The first-order chi connectivity index (χ1) is 23.7. The number of carboxylic acids is 2. The molecule has 2 N–H and O–H groups in total. The molecule has 236 valence electrons. The van der Waals surface area contributed by atoms with Crippen molar-refractivity contribution in [1.29, 1.82) is 0 Å². The molecule has 0 radical (unpaired) electrons. The average molecular weight is 637 g/mol. The van der Waals surface area contributed by atoms with Gasteiger partial charge in [-0.15, -0.1) is 0 Å². The Labute approximate surface area is 286 Å². The Hall–Kier alpha value is -6.62. The van der Waals surface area contributed by atoms with Gasteiger partial charge < -0.3 is 10.2 Å². The first kappa shape index (κ1) is 32.3. The molecule has 0 aliphatic heterocycles. The van der Waals surface area contributed by atoms with Crippen LogP contribution in [0.25, 0.3) is 22.3 Å². The second-order valence-corrected chi connectivity index (χ2v) is 12.1. The van der Waals surface area contributed by atoms with Gasteiger partial charge in [0, 0.05) is 27.7 Å². The maximum Gasteiger partial charge on any atom is 0.336 e. The van der Waals surface area contributed by atoms with E-state index in [1.807, 2.05) is 135 Å². The van der Waals surface area contributed by atoms with E-state index in [9.17, 15) is 19.8 Å². The van der Waals surface area contributed by atoms with E-state index in [0.29, 0.717) is 11.1 Å². The maximum atomic E-state index is 12.3. The van der Waals surface area contributed by atoms with Crippen molar-refractivity contribution in [2.24, 2.45) is 0 Å². The Morgan fingerprint density at radius 1 is 0.449 bits per heavy atom. The summed E-state index contributed by atoms with van der Waals surface area (Å²) in [6.07, 6.45) is 0. The van der Waals surface area contributed by atoms with Gasteiger partial charge in [-0.1, -0.05) is 147 Å². The molecular formula is C45H32O4. The lowest BCUT2D eigenvalue weighted by Gasteiger charge is -2.27. The van der Waals surface area contributed by atoms with Crippen LogP contribution in [-0.2, 0) is 5.41 Å². The monoisotopic (exact) mass is 636 g/mol. The van der Waals surface area contributed by atoms with Gasteiger partial charge in [-0.25, -0.2) is 9.59 Å². The van der Waals surface area contributed by atoms with Crippen LogP contribution in [0.15, 0.2) is 146 Å². The molecule has 4 nitrogen and oxygen atoms in total. The van der Waals surface area contributed by atoms with Crippen LogP contribution in [-0.4, -0.2) is 22.2 Å². The highest BCUT2D eigenvalue weighted by Gasteiger charge is 2.26. The second-order valence-electron chi connectivity index (χ2n) is 12.1. The molecule has 49 heavy (non-hydrogen) atoms. The van der Waals surface area contributed by atoms with Crippen LogP contribution in [0, 0.1) is 23.7 Å². The smallest absolute Gasteiger partial charge is 0.336 e. The highest BCUT2D eigenvalue weighted by molar-refractivity contribution is 5.92. The fourth-order valence-corrected chi connectivity index (χ4v) is 5.80. The van der Waals surface area contributed by atoms with Crippen LogP contribution in [0.1, 0.15) is 67.9 Å². The Kier molecular flexibility index (Phi) is 9.25. The fraction of sp³-hybridized carbons (Fsp3) is 0.0667. The van der Waals surface area contributed by atoms with Crippen molar-refractivity contribution < 1.29 is 19.8 Å². The number of hydrogen-bond acceptors (Lipinski definition) is 2. The molecule has 6 aromatic carbocycles. The standard InChI is InChI=1S/C45H32O4/c1-45(2,37-25-27-41(43(46)47)35(29-37)23-21-33-17-9-11-19-39(33)31-13-5-3-6-14-31)38-26-28-42(44(48)49)36(30-38)24-22-34-18-10-12-20-40(34)32-15-7-4-8-16-32/h3-20,25-30H,1-2H3,(H,46,47)(H,48,49). The highest BCUT2D eigenvalue weighted by Crippen LogP contribution is 2.34. The highest BCUT2D eigenvalue weighted by atomic mass is 16.4. The van der Waals surface area contributed by atoms with Crippen molar-refractivity contribution in [3.05, 3.63) is 190 Å². The normalized spacial score (nSPS) is 10.7. The Bertz CT molecular complexity index is 2150. The fourth-order valence-electron chi connectivity index (χ4n) is 5.80. The molecule has 0 bridgehead atoms. The first-order valence-electron chi connectivity index (χ1n) is 15.8. The van der Waals surface area contributed by atoms with E-state index in [-0.39, 0.29) is 11.1 Å². The van der Waals surface area contributed by atoms with E-state index in [1.54, 1.807) is 24.3 Å². The summed E-state index contributed by atoms with van der Waals surface area (Å²) in [7, 11) is 0. The number of benzene rings is 6. The molecule has 0 amide bonds. The molecule has 6 aromatic rings. The largest absolute Gasteiger partial charge is 0.478 e. The molecule has 0 heterocycles. The maximum absolute atomic E-state index is 12.3. The van der Waals surface area contributed by atoms with Crippen molar-refractivity contribution in [2.75, 3.05) is 0 Å². The van der Waals surface area contributed by atoms with Crippen LogP contribution in [0.3, 0.4) is 0 Å². The molecule has 6 rings (SSSR count). The number of hydrogen-bond donors (Lipinski definition) is 2. The van der Waals surface area contributed by atoms with Crippen LogP contribution in [0.4, 0.5) is 0 Å². The van der Waals surface area contributed by atoms with E-state index in [4.69, 9.17) is 0 Å². The van der Waals surface area contributed by atoms with Crippen molar-refractivity contribution >= 4 is 11.9 Å². The summed E-state index contributed by atoms with van der Waals surface area (Å²) in [5, 5.41) is 20.1. The van der Waals surface area contributed by atoms with Gasteiger partial charge in [0.2, 0.25) is 0 Å². The summed E-state index contributed by atoms with van der Waals surface area (Å²) < 4.78 is 0. The topological polar surface area (TPSA) is 74.6 Å². The minimum atomic E-state index is -1.07. The molecule has 0 saturated carbocycles. The third-order valence-electron chi connectivity index (χ3n) is 8.63. The summed E-state index contributed by atoms with van der Waals surface area (Å²) in [5.41, 5.74) is 7.54. The summed E-state index contributed by atoms with van der Waals surface area (Å²) in [4.78, 5) is 24.5. The molecule has 0 unspecified atom stereocenters. The third kappa shape index (κ3) is 7.05. The molecule has 0 atom stereocenters. The lowest BCUT2D eigenvalue weighted by atomic mass is 9.76. The van der Waals surface area contributed by atoms with E-state index in [2.05, 4.69) is 23.7 Å². The first-order valence-corrected chi connectivity index (χ1v) is 15.8. The summed E-state index contributed by atoms with van der Waals surface area (Å²) in [6.45, 7) is 4.03. The van der Waals surface area contributed by atoms with Gasteiger partial charge in [0.25, 0.3) is 0 Å². The van der Waals surface area contributed by atoms with Gasteiger partial charge in [0.15, 0.2) is 0 Å². The SMILES string of the molecule is CC(C)(c1ccc(C(=O)O)c(C#Cc2ccccc2-c2ccccc2)c1)c1ccc(C(=O)O)c(C#Cc2ccccc2-c2ccccc2)c1. The summed E-state index contributed by atoms with van der Waals surface area (Å²) >= 11 is 0.